The largest absolute Gasteiger partial charge is 0.480 e. The van der Waals surface area contributed by atoms with E-state index in [4.69, 9.17) is 19.7 Å². The fraction of sp³-hybridized carbons (Fsp3) is 0.846. The Morgan fingerprint density at radius 2 is 1.74 bits per heavy atom. The minimum atomic E-state index is -0.973. The lowest BCUT2D eigenvalue weighted by Gasteiger charge is -2.27. The molecule has 3 fully saturated rings. The number of nitrogens with one attached hydrogen (secondary N) is 1. The second kappa shape index (κ2) is 20.1. The van der Waals surface area contributed by atoms with Crippen LogP contribution < -0.4 is 5.32 Å². The molecule has 0 radical (unpaired) electrons. The molecule has 34 heavy (non-hydrogen) atoms. The number of ether oxygens (including phenoxy) is 2. The molecule has 202 valence electrons. The monoisotopic (exact) mass is 505 g/mol. The molecule has 8 heteroatoms. The zero-order chi connectivity index (χ0) is 26.7. The van der Waals surface area contributed by atoms with Gasteiger partial charge in [0, 0.05) is 20.0 Å². The van der Waals surface area contributed by atoms with Crippen LogP contribution in [0.1, 0.15) is 87.0 Å². The number of aliphatic carboxylic acids is 1. The Kier molecular flexibility index (Phi) is 20.8. The molecule has 1 amide bonds. The Morgan fingerprint density at radius 3 is 2.18 bits per heavy atom. The lowest BCUT2D eigenvalue weighted by atomic mass is 9.76. The van der Waals surface area contributed by atoms with Gasteiger partial charge in [-0.2, -0.15) is 11.8 Å². The fourth-order valence-corrected chi connectivity index (χ4v) is 4.41. The number of carboxylic acid groups (broad SMARTS) is 1. The van der Waals surface area contributed by atoms with Gasteiger partial charge in [0.1, 0.15) is 6.04 Å². The highest BCUT2D eigenvalue weighted by Crippen LogP contribution is 2.52. The molecule has 0 aromatic heterocycles. The van der Waals surface area contributed by atoms with Gasteiger partial charge in [0.25, 0.3) is 0 Å². The van der Waals surface area contributed by atoms with E-state index in [0.717, 1.165) is 25.9 Å². The number of thioether (sulfide) groups is 1. The first-order valence-corrected chi connectivity index (χ1v) is 14.0. The lowest BCUT2D eigenvalue weighted by molar-refractivity contribution is -0.141. The SMILES string of the molecule is CC.CC.CC(C)=CCC1OC1C1CCCC[C@]12CO2.CO.CSCCC(NC(C)=O)C(=O)O. The van der Waals surface area contributed by atoms with Crippen molar-refractivity contribution in [2.24, 2.45) is 5.92 Å². The standard InChI is InChI=1S/C14H22O2.C7H13NO3S.2C2H6.CH4O/c1-10(2)6-7-12-13(16-12)11-5-3-4-8-14(11)9-15-14;1-5(9)8-6(7(10)11)3-4-12-2;3*1-2/h6,11-13H,3-5,7-9H2,1-2H3;6H,3-4H2,1-2H3,(H,8,9)(H,10,11);2*1-2H3;2H,1H3/t11?,12?,13?,14-;;;;/m0..../s1. The van der Waals surface area contributed by atoms with Crippen LogP contribution in [0.15, 0.2) is 11.6 Å². The van der Waals surface area contributed by atoms with Gasteiger partial charge in [-0.05, 0) is 51.5 Å². The fourth-order valence-electron chi connectivity index (χ4n) is 3.94. The number of carboxylic acids is 1. The summed E-state index contributed by atoms with van der Waals surface area (Å²) in [7, 11) is 1.00. The third-order valence-electron chi connectivity index (χ3n) is 5.62. The van der Waals surface area contributed by atoms with Crippen LogP contribution >= 0.6 is 11.8 Å². The number of allylic oxidation sites excluding steroid dienone is 1. The van der Waals surface area contributed by atoms with E-state index >= 15 is 0 Å². The van der Waals surface area contributed by atoms with Crippen LogP contribution in [-0.2, 0) is 19.1 Å². The molecule has 1 aliphatic carbocycles. The van der Waals surface area contributed by atoms with Crippen LogP contribution in [0.2, 0.25) is 0 Å². The summed E-state index contributed by atoms with van der Waals surface area (Å²) in [6.45, 7) is 14.6. The zero-order valence-electron chi connectivity index (χ0n) is 23.0. The Labute approximate surface area is 212 Å². The zero-order valence-corrected chi connectivity index (χ0v) is 23.8. The van der Waals surface area contributed by atoms with E-state index in [0.29, 0.717) is 24.5 Å². The van der Waals surface area contributed by atoms with Gasteiger partial charge >= 0.3 is 5.97 Å². The van der Waals surface area contributed by atoms with Crippen molar-refractivity contribution in [1.29, 1.82) is 0 Å². The van der Waals surface area contributed by atoms with Crippen LogP contribution in [-0.4, -0.2) is 71.7 Å². The molecule has 2 heterocycles. The number of epoxide rings is 2. The van der Waals surface area contributed by atoms with E-state index in [1.165, 1.54) is 38.2 Å². The first-order chi connectivity index (χ1) is 16.3. The maximum Gasteiger partial charge on any atom is 0.326 e. The molecule has 5 atom stereocenters. The smallest absolute Gasteiger partial charge is 0.326 e. The van der Waals surface area contributed by atoms with E-state index in [2.05, 4.69) is 25.2 Å². The maximum absolute atomic E-state index is 10.5. The number of hydrogen-bond donors (Lipinski definition) is 3. The number of amides is 1. The molecular formula is C26H51NO6S. The van der Waals surface area contributed by atoms with E-state index in [9.17, 15) is 9.59 Å². The van der Waals surface area contributed by atoms with E-state index < -0.39 is 12.0 Å². The summed E-state index contributed by atoms with van der Waals surface area (Å²) in [5.41, 5.74) is 1.65. The highest BCUT2D eigenvalue weighted by molar-refractivity contribution is 7.98. The van der Waals surface area contributed by atoms with Crippen LogP contribution in [0.25, 0.3) is 0 Å². The minimum Gasteiger partial charge on any atom is -0.480 e. The molecule has 2 saturated heterocycles. The number of rotatable bonds is 8. The predicted molar refractivity (Wildman–Crippen MR) is 142 cm³/mol. The summed E-state index contributed by atoms with van der Waals surface area (Å²) in [5.74, 6) is 0.150. The van der Waals surface area contributed by atoms with E-state index in [1.54, 1.807) is 11.8 Å². The maximum atomic E-state index is 10.5. The van der Waals surface area contributed by atoms with Crippen molar-refractivity contribution in [3.05, 3.63) is 11.6 Å². The minimum absolute atomic E-state index is 0.253. The average Bonchev–Trinajstić information content (AvgIpc) is 3.77. The third-order valence-corrected chi connectivity index (χ3v) is 6.26. The third kappa shape index (κ3) is 13.7. The summed E-state index contributed by atoms with van der Waals surface area (Å²) in [5, 5.41) is 18.0. The second-order valence-corrected chi connectivity index (χ2v) is 9.22. The summed E-state index contributed by atoms with van der Waals surface area (Å²) >= 11 is 1.56. The number of aliphatic hydroxyl groups excluding tert-OH is 1. The molecule has 3 N–H and O–H groups in total. The van der Waals surface area contributed by atoms with Crippen molar-refractivity contribution in [2.75, 3.05) is 25.7 Å². The number of aliphatic hydroxyl groups is 1. The molecule has 0 aromatic rings. The molecule has 0 aromatic carbocycles. The highest BCUT2D eigenvalue weighted by Gasteiger charge is 2.60. The van der Waals surface area contributed by atoms with Gasteiger partial charge in [0.05, 0.1) is 24.4 Å². The summed E-state index contributed by atoms with van der Waals surface area (Å²) in [4.78, 5) is 21.1. The lowest BCUT2D eigenvalue weighted by Crippen LogP contribution is -2.39. The van der Waals surface area contributed by atoms with Gasteiger partial charge in [-0.1, -0.05) is 52.2 Å². The normalized spacial score (nSPS) is 26.2. The topological polar surface area (TPSA) is 112 Å². The van der Waals surface area contributed by atoms with E-state index in [1.807, 2.05) is 34.0 Å². The predicted octanol–water partition coefficient (Wildman–Crippen LogP) is 5.06. The molecule has 3 aliphatic rings. The molecule has 4 unspecified atom stereocenters. The van der Waals surface area contributed by atoms with Crippen molar-refractivity contribution < 1.29 is 29.3 Å². The number of carbonyl (C=O) groups is 2. The van der Waals surface area contributed by atoms with Gasteiger partial charge in [0.2, 0.25) is 5.91 Å². The van der Waals surface area contributed by atoms with Crippen molar-refractivity contribution in [1.82, 2.24) is 5.32 Å². The summed E-state index contributed by atoms with van der Waals surface area (Å²) < 4.78 is 11.6. The van der Waals surface area contributed by atoms with Gasteiger partial charge in [-0.25, -0.2) is 4.79 Å². The van der Waals surface area contributed by atoms with Crippen LogP contribution in [0.3, 0.4) is 0 Å². The number of carbonyl (C=O) groups excluding carboxylic acids is 1. The molecular weight excluding hydrogens is 454 g/mol. The van der Waals surface area contributed by atoms with Crippen LogP contribution in [0.5, 0.6) is 0 Å². The summed E-state index contributed by atoms with van der Waals surface area (Å²) in [6.07, 6.45) is 12.0. The molecule has 3 rings (SSSR count). The number of hydrogen-bond acceptors (Lipinski definition) is 6. The molecule has 2 aliphatic heterocycles. The van der Waals surface area contributed by atoms with Gasteiger partial charge in [-0.15, -0.1) is 0 Å². The quantitative estimate of drug-likeness (QED) is 0.312. The average molecular weight is 506 g/mol. The highest BCUT2D eigenvalue weighted by atomic mass is 32.2. The van der Waals surface area contributed by atoms with Crippen LogP contribution in [0, 0.1) is 5.92 Å². The summed E-state index contributed by atoms with van der Waals surface area (Å²) in [6, 6.07) is -0.741. The van der Waals surface area contributed by atoms with Crippen LogP contribution in [0.4, 0.5) is 0 Å². The van der Waals surface area contributed by atoms with E-state index in [-0.39, 0.29) is 11.5 Å². The van der Waals surface area contributed by atoms with Gasteiger partial charge in [-0.3, -0.25) is 4.79 Å². The Morgan fingerprint density at radius 1 is 1.15 bits per heavy atom. The Balaban J connectivity index is 0. The van der Waals surface area contributed by atoms with Crippen molar-refractivity contribution in [3.8, 4) is 0 Å². The second-order valence-electron chi connectivity index (χ2n) is 8.23. The molecule has 1 saturated carbocycles. The Bertz CT molecular complexity index is 576. The van der Waals surface area contributed by atoms with Crippen molar-refractivity contribution in [2.45, 2.75) is 111 Å². The Hall–Kier alpha value is -1.09. The first kappa shape index (κ1) is 35.1. The van der Waals surface area contributed by atoms with Gasteiger partial charge < -0.3 is 25.0 Å². The molecule has 7 nitrogen and oxygen atoms in total. The molecule has 0 bridgehead atoms. The molecule has 1 spiro atoms. The van der Waals surface area contributed by atoms with Crippen molar-refractivity contribution >= 4 is 23.6 Å². The van der Waals surface area contributed by atoms with Crippen molar-refractivity contribution in [3.63, 3.8) is 0 Å². The first-order valence-electron chi connectivity index (χ1n) is 12.7. The van der Waals surface area contributed by atoms with Gasteiger partial charge in [0.15, 0.2) is 0 Å².